The summed E-state index contributed by atoms with van der Waals surface area (Å²) in [6, 6.07) is 0. The minimum Gasteiger partial charge on any atom is -1.00 e. The minimum atomic E-state index is 0. The Bertz CT molecular complexity index is 16.0. The topological polar surface area (TPSA) is 46.1 Å². The third kappa shape index (κ3) is 27.9. The monoisotopic (exact) mass is 184 g/mol. The first-order valence-corrected chi connectivity index (χ1v) is 0.926. The van der Waals surface area contributed by atoms with Crippen molar-refractivity contribution in [2.24, 2.45) is 0 Å². The van der Waals surface area contributed by atoms with Gasteiger partial charge in [-0.3, -0.25) is 0 Å². The molecule has 0 bridgehead atoms. The van der Waals surface area contributed by atoms with Crippen molar-refractivity contribution < 1.29 is 12.2 Å². The maximum absolute atomic E-state index is 7.72. The molecule has 0 fully saturated rings. The molecule has 6 heteroatoms. The van der Waals surface area contributed by atoms with Crippen molar-refractivity contribution in [2.75, 3.05) is 0 Å². The maximum atomic E-state index is 7.72. The van der Waals surface area contributed by atoms with Gasteiger partial charge in [0.15, 0.2) is 0 Å². The molecular formula is H2Ca2Cl2O2. The van der Waals surface area contributed by atoms with E-state index >= 15 is 0 Å². The summed E-state index contributed by atoms with van der Waals surface area (Å²) < 4.78 is 15.4. The second-order valence-electron chi connectivity index (χ2n) is 0. The van der Waals surface area contributed by atoms with Crippen LogP contribution < -0.4 is 9.32 Å². The molecule has 0 N–H and O–H groups in total. The zero-order valence-electron chi connectivity index (χ0n) is 4.99. The van der Waals surface area contributed by atoms with Crippen molar-refractivity contribution in [3.63, 3.8) is 0 Å². The van der Waals surface area contributed by atoms with Crippen LogP contribution in [0.3, 0.4) is 0 Å². The Labute approximate surface area is 109 Å². The molecule has 0 heterocycles. The van der Waals surface area contributed by atoms with Gasteiger partial charge in [-0.05, 0) is 0 Å². The number of hydrogen-bond donors (Lipinski definition) is 0. The Morgan fingerprint density at radius 2 is 0.833 bits per heavy atom. The summed E-state index contributed by atoms with van der Waals surface area (Å²) in [5.41, 5.74) is 0. The van der Waals surface area contributed by atoms with Crippen LogP contribution in [0.1, 0.15) is 2.85 Å². The normalized spacial score (nSPS) is 2.00. The van der Waals surface area contributed by atoms with Crippen LogP contribution in [0.5, 0.6) is 0 Å². The van der Waals surface area contributed by atoms with E-state index in [1.807, 2.05) is 0 Å². The van der Waals surface area contributed by atoms with E-state index < -0.39 is 0 Å². The van der Waals surface area contributed by atoms with Gasteiger partial charge in [-0.1, -0.05) is 0 Å². The van der Waals surface area contributed by atoms with Gasteiger partial charge in [-0.25, -0.2) is 23.7 Å². The largest absolute Gasteiger partial charge is 2.00 e. The van der Waals surface area contributed by atoms with Gasteiger partial charge in [-0.2, -0.15) is 0 Å². The molecule has 2 nitrogen and oxygen atoms in total. The molecule has 0 aliphatic rings. The Morgan fingerprint density at radius 1 is 0.833 bits per heavy atom. The molecule has 0 amide bonds. The molecular weight excluding hydrogens is 183 g/mol. The molecule has 0 aliphatic carbocycles. The SMILES string of the molecule is [Ca+2].[Ca+2].[H-].[H-].[O-]Cl.[O-]Cl. The molecule has 0 rings (SSSR count). The smallest absolute Gasteiger partial charge is 1.00 e. The fourth-order valence-corrected chi connectivity index (χ4v) is 0. The van der Waals surface area contributed by atoms with Crippen molar-refractivity contribution in [3.8, 4) is 0 Å². The van der Waals surface area contributed by atoms with Gasteiger partial charge in [0.1, 0.15) is 0 Å². The molecule has 0 spiro atoms. The van der Waals surface area contributed by atoms with E-state index in [9.17, 15) is 0 Å². The van der Waals surface area contributed by atoms with Crippen LogP contribution in [0.2, 0.25) is 0 Å². The Kier molecular flexibility index (Phi) is 166. The van der Waals surface area contributed by atoms with Gasteiger partial charge in [0, 0.05) is 0 Å². The van der Waals surface area contributed by atoms with E-state index in [2.05, 4.69) is 23.7 Å². The molecule has 0 aromatic heterocycles. The summed E-state index contributed by atoms with van der Waals surface area (Å²) in [6.45, 7) is 0. The fraction of sp³-hybridized carbons (Fsp3) is 0. The first-order chi connectivity index (χ1) is 2.00. The fourth-order valence-electron chi connectivity index (χ4n) is 0. The maximum Gasteiger partial charge on any atom is 2.00 e. The van der Waals surface area contributed by atoms with E-state index in [1.165, 1.54) is 0 Å². The van der Waals surface area contributed by atoms with E-state index in [0.29, 0.717) is 0 Å². The average molecular weight is 185 g/mol. The van der Waals surface area contributed by atoms with E-state index in [4.69, 9.17) is 9.32 Å². The van der Waals surface area contributed by atoms with Gasteiger partial charge in [0.25, 0.3) is 0 Å². The van der Waals surface area contributed by atoms with E-state index in [0.717, 1.165) is 0 Å². The van der Waals surface area contributed by atoms with Crippen molar-refractivity contribution in [2.45, 2.75) is 0 Å². The van der Waals surface area contributed by atoms with Gasteiger partial charge in [0.05, 0.1) is 0 Å². The first-order valence-electron chi connectivity index (χ1n) is 0.309. The zero-order valence-corrected chi connectivity index (χ0v) is 8.92. The molecule has 0 aromatic carbocycles. The van der Waals surface area contributed by atoms with Crippen LogP contribution in [-0.2, 0) is 0 Å². The van der Waals surface area contributed by atoms with Crippen LogP contribution in [0.4, 0.5) is 0 Å². The number of rotatable bonds is 0. The quantitative estimate of drug-likeness (QED) is 0.429. The van der Waals surface area contributed by atoms with Gasteiger partial charge >= 0.3 is 75.5 Å². The van der Waals surface area contributed by atoms with Crippen molar-refractivity contribution in [3.05, 3.63) is 0 Å². The summed E-state index contributed by atoms with van der Waals surface area (Å²) in [5.74, 6) is 0. The van der Waals surface area contributed by atoms with Crippen LogP contribution >= 0.6 is 23.7 Å². The Morgan fingerprint density at radius 3 is 0.833 bits per heavy atom. The third-order valence-electron chi connectivity index (χ3n) is 0. The average Bonchev–Trinajstić information content (AvgIpc) is 1.50. The van der Waals surface area contributed by atoms with Crippen molar-refractivity contribution in [1.29, 1.82) is 0 Å². The van der Waals surface area contributed by atoms with Crippen LogP contribution in [0.15, 0.2) is 0 Å². The molecule has 0 aliphatic heterocycles. The summed E-state index contributed by atoms with van der Waals surface area (Å²) in [4.78, 5) is 0. The molecule has 0 unspecified atom stereocenters. The second kappa shape index (κ2) is 43.3. The second-order valence-corrected chi connectivity index (χ2v) is 0. The Balaban J connectivity index is -0.00000000167. The number of hydrogen-bond acceptors (Lipinski definition) is 2. The van der Waals surface area contributed by atoms with Crippen molar-refractivity contribution in [1.82, 2.24) is 0 Å². The summed E-state index contributed by atoms with van der Waals surface area (Å²) in [5, 5.41) is 0. The molecule has 0 saturated heterocycles. The van der Waals surface area contributed by atoms with Crippen LogP contribution in [-0.4, -0.2) is 75.5 Å². The summed E-state index contributed by atoms with van der Waals surface area (Å²) in [6.07, 6.45) is 0. The van der Waals surface area contributed by atoms with Gasteiger partial charge in [-0.15, -0.1) is 0 Å². The van der Waals surface area contributed by atoms with Crippen LogP contribution in [0, 0.1) is 0 Å². The first kappa shape index (κ1) is 23.0. The van der Waals surface area contributed by atoms with E-state index in [-0.39, 0.29) is 78.3 Å². The Hall–Kier alpha value is 3.02. The van der Waals surface area contributed by atoms with Gasteiger partial charge in [0.2, 0.25) is 0 Å². The molecule has 0 saturated carbocycles. The standard InChI is InChI=1S/2Ca.2ClO.2H/c;;2*1-2;;/q2*+2;4*-1. The molecule has 6 heavy (non-hydrogen) atoms. The zero-order chi connectivity index (χ0) is 4.00. The minimum absolute atomic E-state index is 0. The molecule has 0 atom stereocenters. The van der Waals surface area contributed by atoms with Crippen LogP contribution in [0.25, 0.3) is 0 Å². The van der Waals surface area contributed by atoms with Crippen molar-refractivity contribution >= 4 is 99.2 Å². The predicted molar refractivity (Wildman–Crippen MR) is 25.4 cm³/mol. The number of halogens is 2. The summed E-state index contributed by atoms with van der Waals surface area (Å²) in [7, 11) is 0. The molecule has 0 aromatic rings. The molecule has 0 radical (unpaired) electrons. The summed E-state index contributed by atoms with van der Waals surface area (Å²) >= 11 is 6.78. The van der Waals surface area contributed by atoms with E-state index in [1.54, 1.807) is 0 Å². The van der Waals surface area contributed by atoms with Gasteiger partial charge < -0.3 is 12.2 Å². The molecule has 32 valence electrons. The third-order valence-corrected chi connectivity index (χ3v) is 0. The predicted octanol–water partition coefficient (Wildman–Crippen LogP) is -1.54.